The number of carbonyl (C=O) groups excluding carboxylic acids is 9. The molecule has 1 aromatic carbocycles. The molecule has 0 bridgehead atoms. The molecule has 2 rings (SSSR count). The Morgan fingerprint density at radius 2 is 1.07 bits per heavy atom. The Labute approximate surface area is 417 Å². The first-order chi connectivity index (χ1) is 33.7. The first-order valence-electron chi connectivity index (χ1n) is 25.0. The predicted octanol–water partition coefficient (Wildman–Crippen LogP) is -2.94. The number of benzene rings is 1. The second kappa shape index (κ2) is 33.0. The van der Waals surface area contributed by atoms with E-state index in [-0.39, 0.29) is 95.9 Å². The molecule has 1 heterocycles. The lowest BCUT2D eigenvalue weighted by atomic mass is 9.99. The molecule has 0 unspecified atom stereocenters. The highest BCUT2D eigenvalue weighted by Crippen LogP contribution is 2.12. The normalized spacial score (nSPS) is 23.5. The third kappa shape index (κ3) is 22.9. The maximum Gasteiger partial charge on any atom is 0.245 e. The fourth-order valence-corrected chi connectivity index (χ4v) is 7.86. The van der Waals surface area contributed by atoms with Crippen molar-refractivity contribution in [1.82, 2.24) is 47.9 Å². The molecule has 400 valence electrons. The number of hydrogen-bond acceptors (Lipinski definition) is 14. The minimum atomic E-state index is -1.60. The molecule has 0 aromatic heterocycles. The summed E-state index contributed by atoms with van der Waals surface area (Å²) in [6.45, 7) is 7.91. The molecule has 0 spiro atoms. The minimum Gasteiger partial charge on any atom is -0.391 e. The van der Waals surface area contributed by atoms with Gasteiger partial charge in [0.05, 0.1) is 6.10 Å². The molecule has 1 aliphatic rings. The van der Waals surface area contributed by atoms with Gasteiger partial charge in [-0.3, -0.25) is 43.2 Å². The van der Waals surface area contributed by atoms with Gasteiger partial charge in [0.2, 0.25) is 53.2 Å². The first kappa shape index (κ1) is 61.4. The number of unbranched alkanes of at least 4 members (excludes halogenated alkanes) is 2. The van der Waals surface area contributed by atoms with E-state index in [0.29, 0.717) is 6.42 Å². The van der Waals surface area contributed by atoms with Gasteiger partial charge in [0.1, 0.15) is 48.3 Å². The van der Waals surface area contributed by atoms with Gasteiger partial charge in [0, 0.05) is 13.0 Å². The van der Waals surface area contributed by atoms with Crippen LogP contribution in [0, 0.1) is 11.8 Å². The van der Waals surface area contributed by atoms with Gasteiger partial charge < -0.3 is 75.9 Å². The van der Waals surface area contributed by atoms with Crippen LogP contribution in [-0.2, 0) is 49.6 Å². The van der Waals surface area contributed by atoms with E-state index >= 15 is 0 Å². The lowest BCUT2D eigenvalue weighted by Crippen LogP contribution is -2.61. The van der Waals surface area contributed by atoms with E-state index in [1.807, 2.05) is 58.0 Å². The molecule has 9 atom stereocenters. The zero-order chi connectivity index (χ0) is 53.0. The average Bonchev–Trinajstić information content (AvgIpc) is 3.31. The fraction of sp³-hybridized carbons (Fsp3) is 0.688. The highest BCUT2D eigenvalue weighted by Gasteiger charge is 2.36. The average molecular weight is 1000 g/mol. The van der Waals surface area contributed by atoms with Gasteiger partial charge in [-0.2, -0.15) is 0 Å². The fourth-order valence-electron chi connectivity index (χ4n) is 7.86. The molecule has 23 nitrogen and oxygen atoms in total. The van der Waals surface area contributed by atoms with E-state index in [1.165, 1.54) is 12.5 Å². The number of hydrogen-bond donors (Lipinski definition) is 14. The summed E-state index contributed by atoms with van der Waals surface area (Å²) in [6, 6.07) is -0.715. The molecule has 23 heteroatoms. The summed E-state index contributed by atoms with van der Waals surface area (Å²) >= 11 is 0. The van der Waals surface area contributed by atoms with Gasteiger partial charge in [-0.05, 0) is 115 Å². The Balaban J connectivity index is 2.55. The van der Waals surface area contributed by atoms with Crippen LogP contribution >= 0.6 is 0 Å². The van der Waals surface area contributed by atoms with Gasteiger partial charge in [-0.1, -0.05) is 64.4 Å². The third-order valence-corrected chi connectivity index (χ3v) is 11.7. The zero-order valence-electron chi connectivity index (χ0n) is 42.2. The monoisotopic (exact) mass is 1000 g/mol. The summed E-state index contributed by atoms with van der Waals surface area (Å²) < 4.78 is 0. The number of carbonyl (C=O) groups is 9. The summed E-state index contributed by atoms with van der Waals surface area (Å²) in [7, 11) is 0. The summed E-state index contributed by atoms with van der Waals surface area (Å²) in [5.74, 6) is -7.25. The van der Waals surface area contributed by atoms with Crippen LogP contribution in [-0.4, -0.2) is 145 Å². The number of rotatable bonds is 22. The molecule has 18 N–H and O–H groups in total. The predicted molar refractivity (Wildman–Crippen MR) is 267 cm³/mol. The number of nitrogens with one attached hydrogen (secondary N) is 9. The number of aryl methyl sites for hydroxylation is 1. The number of aliphatic hydroxyl groups is 1. The summed E-state index contributed by atoms with van der Waals surface area (Å²) in [4.78, 5) is 124. The number of nitrogens with two attached hydrogens (primary N) is 4. The van der Waals surface area contributed by atoms with Gasteiger partial charge >= 0.3 is 0 Å². The topological polar surface area (TPSA) is 386 Å². The van der Waals surface area contributed by atoms with Crippen LogP contribution < -0.4 is 70.8 Å². The van der Waals surface area contributed by atoms with Crippen molar-refractivity contribution < 1.29 is 48.3 Å². The van der Waals surface area contributed by atoms with Crippen LogP contribution in [0.4, 0.5) is 0 Å². The van der Waals surface area contributed by atoms with Crippen molar-refractivity contribution in [1.29, 1.82) is 0 Å². The van der Waals surface area contributed by atoms with E-state index in [0.717, 1.165) is 19.3 Å². The lowest BCUT2D eigenvalue weighted by Gasteiger charge is -2.29. The smallest absolute Gasteiger partial charge is 0.245 e. The van der Waals surface area contributed by atoms with Crippen molar-refractivity contribution in [3.8, 4) is 0 Å². The van der Waals surface area contributed by atoms with E-state index < -0.39 is 108 Å². The standard InChI is InChI=1S/C48H83N13O10/c1-28(2)26-37-46(69)57-33(17-22-50)42(65)56-35(19-24-52)45(68)61-40(30(5)62)48(71)53-25-20-36(44(67)55-34(18-23-51)43(66)59-38(27-29(3)4)47(70)60-37)58-41(64)32(16-21-49)54-39(63)15-11-7-10-14-31-12-8-6-9-13-31/h6,8-9,12-13,28-30,32-38,40,62H,7,10-11,14-27,49-52H2,1-5H3,(H,53,71)(H,54,63)(H,55,67)(H,56,65)(H,57,69)(H,58,64)(H,59,66)(H,60,70)(H,61,68)/t30-,32-,33+,34+,35+,36+,37+,38-,40+/m1/s1. The first-order valence-corrected chi connectivity index (χ1v) is 25.0. The zero-order valence-corrected chi connectivity index (χ0v) is 42.2. The summed E-state index contributed by atoms with van der Waals surface area (Å²) in [6.07, 6.45) is 1.28. The molecule has 1 aromatic rings. The van der Waals surface area contributed by atoms with Crippen LogP contribution in [0.3, 0.4) is 0 Å². The Hall–Kier alpha value is -5.75. The van der Waals surface area contributed by atoms with E-state index in [9.17, 15) is 48.3 Å². The molecule has 0 saturated carbocycles. The van der Waals surface area contributed by atoms with Crippen LogP contribution in [0.1, 0.15) is 111 Å². The largest absolute Gasteiger partial charge is 0.391 e. The van der Waals surface area contributed by atoms with Crippen LogP contribution in [0.15, 0.2) is 30.3 Å². The second-order valence-corrected chi connectivity index (χ2v) is 18.9. The molecule has 9 amide bonds. The number of amides is 9. The molecule has 0 aliphatic carbocycles. The molecule has 1 saturated heterocycles. The molecule has 1 aliphatic heterocycles. The molecule has 1 fully saturated rings. The molecule has 0 radical (unpaired) electrons. The van der Waals surface area contributed by atoms with E-state index in [1.54, 1.807) is 0 Å². The Morgan fingerprint density at radius 3 is 1.54 bits per heavy atom. The maximum atomic E-state index is 14.2. The van der Waals surface area contributed by atoms with E-state index in [2.05, 4.69) is 47.9 Å². The van der Waals surface area contributed by atoms with Crippen molar-refractivity contribution in [2.45, 2.75) is 166 Å². The Morgan fingerprint density at radius 1 is 0.606 bits per heavy atom. The summed E-state index contributed by atoms with van der Waals surface area (Å²) in [5.41, 5.74) is 24.6. The van der Waals surface area contributed by atoms with Crippen LogP contribution in [0.2, 0.25) is 0 Å². The maximum absolute atomic E-state index is 14.2. The van der Waals surface area contributed by atoms with Crippen LogP contribution in [0.5, 0.6) is 0 Å². The third-order valence-electron chi connectivity index (χ3n) is 11.7. The van der Waals surface area contributed by atoms with Crippen molar-refractivity contribution in [2.24, 2.45) is 34.8 Å². The van der Waals surface area contributed by atoms with Crippen molar-refractivity contribution in [2.75, 3.05) is 32.7 Å². The van der Waals surface area contributed by atoms with Crippen molar-refractivity contribution in [3.05, 3.63) is 35.9 Å². The Kier molecular flexibility index (Phi) is 28.5. The molecular weight excluding hydrogens is 919 g/mol. The van der Waals surface area contributed by atoms with Gasteiger partial charge in [0.15, 0.2) is 0 Å². The SMILES string of the molecule is CC(C)C[C@@H]1NC(=O)[C@@H](CC(C)C)NC(=O)[C@H](CCN)NC(=O)[C@@H](NC(=O)[C@@H](CCN)NC(=O)CCCCCc2ccccc2)CCNC(=O)[C@H]([C@@H](C)O)NC(=O)[C@H](CCN)NC(=O)[C@H](CCN)NC1=O. The van der Waals surface area contributed by atoms with Gasteiger partial charge in [-0.15, -0.1) is 0 Å². The highest BCUT2D eigenvalue weighted by molar-refractivity contribution is 5.98. The van der Waals surface area contributed by atoms with Crippen molar-refractivity contribution in [3.63, 3.8) is 0 Å². The second-order valence-electron chi connectivity index (χ2n) is 18.9. The van der Waals surface area contributed by atoms with E-state index in [4.69, 9.17) is 22.9 Å². The van der Waals surface area contributed by atoms with Gasteiger partial charge in [-0.25, -0.2) is 0 Å². The lowest BCUT2D eigenvalue weighted by molar-refractivity contribution is -0.136. The Bertz CT molecular complexity index is 1870. The van der Waals surface area contributed by atoms with Crippen molar-refractivity contribution >= 4 is 53.2 Å². The quantitative estimate of drug-likeness (QED) is 0.0517. The van der Waals surface area contributed by atoms with Crippen LogP contribution in [0.25, 0.3) is 0 Å². The minimum absolute atomic E-state index is 0.00287. The molecular formula is C48H83N13O10. The number of aliphatic hydroxyl groups excluding tert-OH is 1. The highest BCUT2D eigenvalue weighted by atomic mass is 16.3. The molecule has 71 heavy (non-hydrogen) atoms. The van der Waals surface area contributed by atoms with Gasteiger partial charge in [0.25, 0.3) is 0 Å². The summed E-state index contributed by atoms with van der Waals surface area (Å²) in [5, 5.41) is 34.2.